The summed E-state index contributed by atoms with van der Waals surface area (Å²) >= 11 is 1.82. The second-order valence-electron chi connectivity index (χ2n) is 7.86. The van der Waals surface area contributed by atoms with E-state index in [1.54, 1.807) is 13.1 Å². The van der Waals surface area contributed by atoms with E-state index in [4.69, 9.17) is 4.98 Å². The van der Waals surface area contributed by atoms with Crippen molar-refractivity contribution in [1.82, 2.24) is 19.4 Å². The molecule has 0 unspecified atom stereocenters. The number of thiazole rings is 1. The van der Waals surface area contributed by atoms with E-state index < -0.39 is 9.84 Å². The average molecular weight is 445 g/mol. The molecule has 6 nitrogen and oxygen atoms in total. The van der Waals surface area contributed by atoms with Crippen LogP contribution in [0.1, 0.15) is 46.6 Å². The van der Waals surface area contributed by atoms with Crippen LogP contribution in [-0.2, 0) is 42.3 Å². The molecule has 160 valence electrons. The maximum atomic E-state index is 12.6. The first-order chi connectivity index (χ1) is 14.5. The maximum Gasteiger partial charge on any atom is 0.228 e. The van der Waals surface area contributed by atoms with Gasteiger partial charge in [-0.05, 0) is 38.3 Å². The molecule has 2 heterocycles. The van der Waals surface area contributed by atoms with Crippen LogP contribution in [0.25, 0.3) is 0 Å². The molecular weight excluding hydrogens is 416 g/mol. The van der Waals surface area contributed by atoms with Crippen LogP contribution in [0.5, 0.6) is 0 Å². The highest BCUT2D eigenvalue weighted by molar-refractivity contribution is 7.91. The van der Waals surface area contributed by atoms with Crippen LogP contribution in [0.3, 0.4) is 0 Å². The van der Waals surface area contributed by atoms with Gasteiger partial charge in [0.2, 0.25) is 15.0 Å². The average Bonchev–Trinajstić information content (AvgIpc) is 3.32. The molecule has 2 aromatic heterocycles. The molecule has 0 fully saturated rings. The molecule has 3 aromatic rings. The molecule has 0 radical (unpaired) electrons. The molecule has 1 aliphatic rings. The molecule has 30 heavy (non-hydrogen) atoms. The first-order valence-electron chi connectivity index (χ1n) is 10.4. The van der Waals surface area contributed by atoms with Crippen molar-refractivity contribution in [3.05, 3.63) is 63.4 Å². The van der Waals surface area contributed by atoms with E-state index >= 15 is 0 Å². The Labute approximate surface area is 182 Å². The molecule has 0 aliphatic heterocycles. The SMILES string of the molecule is CCS(=O)(=O)c1ncc(CN(C)Cc2nc3c(s2)CCCC3)n1Cc1ccccc1. The number of sulfone groups is 1. The maximum absolute atomic E-state index is 12.6. The highest BCUT2D eigenvalue weighted by Crippen LogP contribution is 2.27. The van der Waals surface area contributed by atoms with E-state index in [-0.39, 0.29) is 10.9 Å². The molecule has 8 heteroatoms. The molecule has 0 N–H and O–H groups in total. The van der Waals surface area contributed by atoms with Crippen LogP contribution >= 0.6 is 11.3 Å². The fourth-order valence-corrected chi connectivity index (χ4v) is 6.09. The molecule has 0 saturated carbocycles. The lowest BCUT2D eigenvalue weighted by atomic mass is 10.0. The molecule has 0 bridgehead atoms. The summed E-state index contributed by atoms with van der Waals surface area (Å²) in [5.74, 6) is 0.0404. The third-order valence-electron chi connectivity index (χ3n) is 5.47. The minimum absolute atomic E-state index is 0.0404. The first-order valence-corrected chi connectivity index (χ1v) is 12.9. The number of aromatic nitrogens is 3. The van der Waals surface area contributed by atoms with Crippen LogP contribution < -0.4 is 0 Å². The number of benzene rings is 1. The van der Waals surface area contributed by atoms with Gasteiger partial charge in [-0.1, -0.05) is 37.3 Å². The van der Waals surface area contributed by atoms with Gasteiger partial charge in [-0.3, -0.25) is 4.90 Å². The van der Waals surface area contributed by atoms with Gasteiger partial charge in [-0.15, -0.1) is 11.3 Å². The van der Waals surface area contributed by atoms with Crippen molar-refractivity contribution >= 4 is 21.2 Å². The highest BCUT2D eigenvalue weighted by atomic mass is 32.2. The third kappa shape index (κ3) is 4.66. The number of aryl methyl sites for hydroxylation is 2. The Morgan fingerprint density at radius 3 is 2.63 bits per heavy atom. The van der Waals surface area contributed by atoms with Gasteiger partial charge in [0.05, 0.1) is 36.4 Å². The predicted octanol–water partition coefficient (Wildman–Crippen LogP) is 3.69. The topological polar surface area (TPSA) is 68.1 Å². The fourth-order valence-electron chi connectivity index (χ4n) is 3.87. The third-order valence-corrected chi connectivity index (χ3v) is 8.25. The van der Waals surface area contributed by atoms with Gasteiger partial charge in [0, 0.05) is 11.4 Å². The molecule has 1 aliphatic carbocycles. The molecular formula is C22H28N4O2S2. The Morgan fingerprint density at radius 2 is 1.90 bits per heavy atom. The van der Waals surface area contributed by atoms with Crippen LogP contribution in [-0.4, -0.2) is 40.7 Å². The predicted molar refractivity (Wildman–Crippen MR) is 119 cm³/mol. The van der Waals surface area contributed by atoms with E-state index in [1.807, 2.05) is 53.3 Å². The van der Waals surface area contributed by atoms with Gasteiger partial charge < -0.3 is 4.57 Å². The molecule has 0 spiro atoms. The Kier molecular flexibility index (Phi) is 6.36. The lowest BCUT2D eigenvalue weighted by molar-refractivity contribution is 0.308. The fraction of sp³-hybridized carbons (Fsp3) is 0.455. The van der Waals surface area contributed by atoms with Crippen LogP contribution in [0.2, 0.25) is 0 Å². The van der Waals surface area contributed by atoms with Gasteiger partial charge in [-0.2, -0.15) is 0 Å². The molecule has 0 amide bonds. The highest BCUT2D eigenvalue weighted by Gasteiger charge is 2.23. The van der Waals surface area contributed by atoms with Crippen molar-refractivity contribution in [2.45, 2.75) is 57.4 Å². The summed E-state index contributed by atoms with van der Waals surface area (Å²) in [7, 11) is -1.35. The van der Waals surface area contributed by atoms with Crippen LogP contribution in [0.4, 0.5) is 0 Å². The van der Waals surface area contributed by atoms with Crippen molar-refractivity contribution in [2.75, 3.05) is 12.8 Å². The summed E-state index contributed by atoms with van der Waals surface area (Å²) in [6.07, 6.45) is 6.45. The van der Waals surface area contributed by atoms with Gasteiger partial charge in [-0.25, -0.2) is 18.4 Å². The van der Waals surface area contributed by atoms with E-state index in [1.165, 1.54) is 23.4 Å². The standard InChI is InChI=1S/C22H28N4O2S2/c1-3-30(27,28)22-23-13-18(26(22)14-17-9-5-4-6-10-17)15-25(2)16-21-24-19-11-7-8-12-20(19)29-21/h4-6,9-10,13H,3,7-8,11-12,14-16H2,1-2H3. The van der Waals surface area contributed by atoms with E-state index in [9.17, 15) is 8.42 Å². The van der Waals surface area contributed by atoms with Gasteiger partial charge in [0.1, 0.15) is 5.01 Å². The number of nitrogens with zero attached hydrogens (tertiary/aromatic N) is 4. The largest absolute Gasteiger partial charge is 0.313 e. The second-order valence-corrected chi connectivity index (χ2v) is 11.2. The number of fused-ring (bicyclic) bond motifs is 1. The lowest BCUT2D eigenvalue weighted by Crippen LogP contribution is -2.21. The Hall–Kier alpha value is -2.03. The lowest BCUT2D eigenvalue weighted by Gasteiger charge is -2.18. The van der Waals surface area contributed by atoms with Crippen molar-refractivity contribution in [3.63, 3.8) is 0 Å². The summed E-state index contributed by atoms with van der Waals surface area (Å²) in [5.41, 5.74) is 3.23. The summed E-state index contributed by atoms with van der Waals surface area (Å²) in [4.78, 5) is 12.8. The monoisotopic (exact) mass is 444 g/mol. The van der Waals surface area contributed by atoms with Crippen molar-refractivity contribution < 1.29 is 8.42 Å². The normalized spacial score (nSPS) is 14.2. The van der Waals surface area contributed by atoms with Gasteiger partial charge >= 0.3 is 0 Å². The van der Waals surface area contributed by atoms with Crippen LogP contribution in [0.15, 0.2) is 41.7 Å². The quantitative estimate of drug-likeness (QED) is 0.530. The minimum atomic E-state index is -3.40. The Morgan fingerprint density at radius 1 is 1.13 bits per heavy atom. The molecule has 0 atom stereocenters. The van der Waals surface area contributed by atoms with Crippen molar-refractivity contribution in [2.24, 2.45) is 0 Å². The molecule has 1 aromatic carbocycles. The van der Waals surface area contributed by atoms with Gasteiger partial charge in [0.25, 0.3) is 0 Å². The smallest absolute Gasteiger partial charge is 0.228 e. The van der Waals surface area contributed by atoms with E-state index in [2.05, 4.69) is 9.88 Å². The van der Waals surface area contributed by atoms with Gasteiger partial charge in [0.15, 0.2) is 0 Å². The van der Waals surface area contributed by atoms with Crippen molar-refractivity contribution in [1.29, 1.82) is 0 Å². The Bertz CT molecular complexity index is 1080. The summed E-state index contributed by atoms with van der Waals surface area (Å²) in [6.45, 7) is 3.52. The van der Waals surface area contributed by atoms with Crippen molar-refractivity contribution in [3.8, 4) is 0 Å². The zero-order chi connectivity index (χ0) is 21.1. The van der Waals surface area contributed by atoms with E-state index in [0.29, 0.717) is 13.1 Å². The summed E-state index contributed by atoms with van der Waals surface area (Å²) in [5, 5.41) is 1.29. The molecule has 0 saturated heterocycles. The number of hydrogen-bond donors (Lipinski definition) is 0. The zero-order valence-corrected chi connectivity index (χ0v) is 19.2. The first kappa shape index (κ1) is 21.2. The summed E-state index contributed by atoms with van der Waals surface area (Å²) < 4.78 is 27.1. The Balaban J connectivity index is 1.56. The minimum Gasteiger partial charge on any atom is -0.313 e. The zero-order valence-electron chi connectivity index (χ0n) is 17.5. The van der Waals surface area contributed by atoms with E-state index in [0.717, 1.165) is 35.7 Å². The number of hydrogen-bond acceptors (Lipinski definition) is 6. The molecule has 4 rings (SSSR count). The number of imidazole rings is 1. The van der Waals surface area contributed by atoms with Crippen LogP contribution in [0, 0.1) is 0 Å². The second kappa shape index (κ2) is 8.99. The number of rotatable bonds is 8. The summed E-state index contributed by atoms with van der Waals surface area (Å²) in [6, 6.07) is 9.92.